The van der Waals surface area contributed by atoms with E-state index in [1.807, 2.05) is 62.4 Å². The van der Waals surface area contributed by atoms with E-state index in [2.05, 4.69) is 10.6 Å². The van der Waals surface area contributed by atoms with Crippen LogP contribution in [-0.2, 0) is 19.2 Å². The number of carbonyl (C=O) groups excluding carboxylic acids is 4. The van der Waals surface area contributed by atoms with Crippen LogP contribution in [0, 0.1) is 13.8 Å². The van der Waals surface area contributed by atoms with E-state index in [0.29, 0.717) is 18.5 Å². The second-order valence-electron chi connectivity index (χ2n) is 9.69. The summed E-state index contributed by atoms with van der Waals surface area (Å²) in [6.07, 6.45) is 3.77. The van der Waals surface area contributed by atoms with Crippen LogP contribution in [0.4, 0.5) is 0 Å². The molecule has 4 rings (SSSR count). The molecule has 2 N–H and O–H groups in total. The molecule has 42 heavy (non-hydrogen) atoms. The number of hydrogen-bond acceptors (Lipinski definition) is 8. The van der Waals surface area contributed by atoms with Gasteiger partial charge in [-0.05, 0) is 37.1 Å². The fraction of sp³-hybridized carbons (Fsp3) is 0.267. The second kappa shape index (κ2) is 14.7. The molecular weight excluding hydrogens is 609 g/mol. The summed E-state index contributed by atoms with van der Waals surface area (Å²) in [7, 11) is 0. The van der Waals surface area contributed by atoms with Crippen LogP contribution in [0.3, 0.4) is 0 Å². The maximum absolute atomic E-state index is 12.8. The van der Waals surface area contributed by atoms with Crippen molar-refractivity contribution in [2.75, 3.05) is 26.2 Å². The quantitative estimate of drug-likeness (QED) is 0.212. The topological polar surface area (TPSA) is 98.8 Å². The summed E-state index contributed by atoms with van der Waals surface area (Å²) >= 11 is 13.1. The minimum absolute atomic E-state index is 0.0861. The highest BCUT2D eigenvalue weighted by Crippen LogP contribution is 2.33. The van der Waals surface area contributed by atoms with E-state index in [1.165, 1.54) is 33.3 Å². The number of hydrogen-bond donors (Lipinski definition) is 2. The van der Waals surface area contributed by atoms with Gasteiger partial charge in [0.05, 0.1) is 9.81 Å². The monoisotopic (exact) mass is 638 g/mol. The van der Waals surface area contributed by atoms with Gasteiger partial charge in [0, 0.05) is 39.0 Å². The Morgan fingerprint density at radius 1 is 0.690 bits per heavy atom. The molecule has 2 saturated heterocycles. The van der Waals surface area contributed by atoms with Gasteiger partial charge in [-0.3, -0.25) is 29.0 Å². The summed E-state index contributed by atoms with van der Waals surface area (Å²) in [6, 6.07) is 15.7. The zero-order chi connectivity index (χ0) is 30.2. The molecule has 8 nitrogen and oxygen atoms in total. The predicted molar refractivity (Wildman–Crippen MR) is 177 cm³/mol. The number of carbonyl (C=O) groups is 4. The number of aryl methyl sites for hydroxylation is 2. The average molecular weight is 639 g/mol. The number of rotatable bonds is 11. The molecule has 4 amide bonds. The minimum Gasteiger partial charge on any atom is -0.354 e. The van der Waals surface area contributed by atoms with Crippen LogP contribution in [-0.4, -0.2) is 68.2 Å². The van der Waals surface area contributed by atoms with E-state index in [1.54, 1.807) is 12.2 Å². The maximum atomic E-state index is 12.8. The molecule has 218 valence electrons. The summed E-state index contributed by atoms with van der Waals surface area (Å²) in [5.41, 5.74) is 4.09. The molecule has 0 saturated carbocycles. The SMILES string of the molecule is Cc1ccc(/C=C2\SC(=S)N(CCC(=O)NCCNC(=O)CCN3C(=O)/C(=C/c4ccc(C)cc4)SC3=S)C2=O)cc1. The Labute approximate surface area is 264 Å². The van der Waals surface area contributed by atoms with Crippen molar-refractivity contribution in [2.24, 2.45) is 0 Å². The molecule has 0 aliphatic carbocycles. The Morgan fingerprint density at radius 3 is 1.40 bits per heavy atom. The smallest absolute Gasteiger partial charge is 0.266 e. The lowest BCUT2D eigenvalue weighted by Gasteiger charge is -2.15. The third-order valence-corrected chi connectivity index (χ3v) is 9.15. The summed E-state index contributed by atoms with van der Waals surface area (Å²) in [4.78, 5) is 54.1. The highest BCUT2D eigenvalue weighted by molar-refractivity contribution is 8.27. The lowest BCUT2D eigenvalue weighted by atomic mass is 10.1. The van der Waals surface area contributed by atoms with Gasteiger partial charge in [-0.1, -0.05) is 108 Å². The summed E-state index contributed by atoms with van der Waals surface area (Å²) in [6.45, 7) is 4.81. The molecule has 0 bridgehead atoms. The lowest BCUT2D eigenvalue weighted by Crippen LogP contribution is -2.38. The van der Waals surface area contributed by atoms with Crippen molar-refractivity contribution in [1.82, 2.24) is 20.4 Å². The molecule has 0 unspecified atom stereocenters. The van der Waals surface area contributed by atoms with Crippen LogP contribution in [0.1, 0.15) is 35.1 Å². The number of nitrogens with zero attached hydrogens (tertiary/aromatic N) is 2. The molecule has 2 aliphatic heterocycles. The molecule has 0 spiro atoms. The first-order valence-electron chi connectivity index (χ1n) is 13.3. The molecule has 0 atom stereocenters. The van der Waals surface area contributed by atoms with Crippen molar-refractivity contribution in [1.29, 1.82) is 0 Å². The Balaban J connectivity index is 1.13. The van der Waals surface area contributed by atoms with Gasteiger partial charge < -0.3 is 10.6 Å². The van der Waals surface area contributed by atoms with E-state index in [0.717, 1.165) is 22.3 Å². The predicted octanol–water partition coefficient (Wildman–Crippen LogP) is 4.42. The number of thiocarbonyl (C=S) groups is 2. The summed E-state index contributed by atoms with van der Waals surface area (Å²) < 4.78 is 0.844. The van der Waals surface area contributed by atoms with Crippen molar-refractivity contribution < 1.29 is 19.2 Å². The van der Waals surface area contributed by atoms with Crippen molar-refractivity contribution in [3.05, 3.63) is 80.6 Å². The van der Waals surface area contributed by atoms with Gasteiger partial charge in [-0.25, -0.2) is 0 Å². The maximum Gasteiger partial charge on any atom is 0.266 e. The minimum atomic E-state index is -0.251. The van der Waals surface area contributed by atoms with Gasteiger partial charge in [-0.15, -0.1) is 0 Å². The van der Waals surface area contributed by atoms with Gasteiger partial charge in [0.25, 0.3) is 11.8 Å². The molecule has 0 aromatic heterocycles. The molecule has 2 fully saturated rings. The zero-order valence-electron chi connectivity index (χ0n) is 23.2. The lowest BCUT2D eigenvalue weighted by molar-refractivity contribution is -0.126. The first-order valence-corrected chi connectivity index (χ1v) is 15.7. The van der Waals surface area contributed by atoms with Gasteiger partial charge in [0.2, 0.25) is 11.8 Å². The largest absolute Gasteiger partial charge is 0.354 e. The second-order valence-corrected chi connectivity index (χ2v) is 13.0. The van der Waals surface area contributed by atoms with E-state index in [-0.39, 0.29) is 62.6 Å². The molecule has 2 aromatic carbocycles. The number of thioether (sulfide) groups is 2. The standard InChI is InChI=1S/C30H30N4O4S4/c1-19-3-7-21(8-4-19)17-23-27(37)33(29(39)41-23)15-11-25(35)31-13-14-32-26(36)12-16-34-28(38)24(42-30(34)40)18-22-9-5-20(2)6-10-22/h3-10,17-18H,11-16H2,1-2H3,(H,31,35)(H,32,36)/b23-17-,24-18-. The van der Waals surface area contributed by atoms with E-state index in [4.69, 9.17) is 24.4 Å². The van der Waals surface area contributed by atoms with Gasteiger partial charge in [-0.2, -0.15) is 0 Å². The number of benzene rings is 2. The highest BCUT2D eigenvalue weighted by Gasteiger charge is 2.33. The number of nitrogens with one attached hydrogen (secondary N) is 2. The van der Waals surface area contributed by atoms with Crippen LogP contribution in [0.15, 0.2) is 58.3 Å². The van der Waals surface area contributed by atoms with Gasteiger partial charge in [0.15, 0.2) is 0 Å². The average Bonchev–Trinajstić information content (AvgIpc) is 3.38. The van der Waals surface area contributed by atoms with Gasteiger partial charge in [0.1, 0.15) is 8.64 Å². The Morgan fingerprint density at radius 2 is 1.05 bits per heavy atom. The van der Waals surface area contributed by atoms with Crippen LogP contribution in [0.25, 0.3) is 12.2 Å². The normalized spacial score (nSPS) is 17.1. The van der Waals surface area contributed by atoms with Crippen LogP contribution in [0.2, 0.25) is 0 Å². The Kier molecular flexibility index (Phi) is 11.1. The van der Waals surface area contributed by atoms with Crippen LogP contribution >= 0.6 is 48.0 Å². The first kappa shape index (κ1) is 31.6. The molecule has 2 aliphatic rings. The zero-order valence-corrected chi connectivity index (χ0v) is 26.4. The summed E-state index contributed by atoms with van der Waals surface area (Å²) in [5.74, 6) is -0.923. The number of amides is 4. The highest BCUT2D eigenvalue weighted by atomic mass is 32.2. The Bertz CT molecular complexity index is 1360. The van der Waals surface area contributed by atoms with Crippen molar-refractivity contribution >= 4 is 92.4 Å². The molecular formula is C30H30N4O4S4. The fourth-order valence-corrected chi connectivity index (χ4v) is 6.64. The van der Waals surface area contributed by atoms with Crippen LogP contribution < -0.4 is 10.6 Å². The van der Waals surface area contributed by atoms with Crippen molar-refractivity contribution in [3.63, 3.8) is 0 Å². The van der Waals surface area contributed by atoms with Crippen LogP contribution in [0.5, 0.6) is 0 Å². The third kappa shape index (κ3) is 8.60. The molecule has 12 heteroatoms. The summed E-state index contributed by atoms with van der Waals surface area (Å²) in [5, 5.41) is 5.48. The third-order valence-electron chi connectivity index (χ3n) is 6.39. The fourth-order valence-electron chi connectivity index (χ4n) is 4.02. The van der Waals surface area contributed by atoms with Crippen molar-refractivity contribution in [3.8, 4) is 0 Å². The van der Waals surface area contributed by atoms with E-state index in [9.17, 15) is 19.2 Å². The van der Waals surface area contributed by atoms with Gasteiger partial charge >= 0.3 is 0 Å². The molecule has 2 aromatic rings. The van der Waals surface area contributed by atoms with E-state index < -0.39 is 0 Å². The molecule has 2 heterocycles. The van der Waals surface area contributed by atoms with E-state index >= 15 is 0 Å². The molecule has 0 radical (unpaired) electrons. The van der Waals surface area contributed by atoms with Crippen molar-refractivity contribution in [2.45, 2.75) is 26.7 Å². The Hall–Kier alpha value is -3.32. The first-order chi connectivity index (χ1) is 20.1.